The third-order valence-electron chi connectivity index (χ3n) is 6.15. The molecule has 2 aromatic carbocycles. The van der Waals surface area contributed by atoms with Crippen LogP contribution in [0.15, 0.2) is 64.3 Å². The van der Waals surface area contributed by atoms with Crippen molar-refractivity contribution in [2.75, 3.05) is 0 Å². The summed E-state index contributed by atoms with van der Waals surface area (Å²) in [6.07, 6.45) is 2.67. The first-order chi connectivity index (χ1) is 16.0. The molecule has 0 spiro atoms. The van der Waals surface area contributed by atoms with Crippen molar-refractivity contribution in [2.45, 2.75) is 26.8 Å². The minimum absolute atomic E-state index is 0. The van der Waals surface area contributed by atoms with Crippen LogP contribution in [0.5, 0.6) is 0 Å². The van der Waals surface area contributed by atoms with Crippen LogP contribution >= 0.6 is 11.3 Å². The molecule has 4 heterocycles. The predicted octanol–water partition coefficient (Wildman–Crippen LogP) is 1.06. The van der Waals surface area contributed by atoms with E-state index in [1.54, 1.807) is 4.57 Å². The van der Waals surface area contributed by atoms with Crippen molar-refractivity contribution < 1.29 is 29.6 Å². The maximum Gasteiger partial charge on any atom is 1.00 e. The van der Waals surface area contributed by atoms with Gasteiger partial charge in [-0.3, -0.25) is 9.59 Å². The van der Waals surface area contributed by atoms with E-state index in [9.17, 15) is 9.59 Å². The van der Waals surface area contributed by atoms with Gasteiger partial charge in [0.2, 0.25) is 11.1 Å². The van der Waals surface area contributed by atoms with Crippen LogP contribution in [0, 0.1) is 13.8 Å². The van der Waals surface area contributed by atoms with Gasteiger partial charge in [0.15, 0.2) is 5.13 Å². The van der Waals surface area contributed by atoms with Gasteiger partial charge in [-0.2, -0.15) is 0 Å². The Bertz CT molecular complexity index is 1770. The van der Waals surface area contributed by atoms with E-state index in [4.69, 9.17) is 0 Å². The summed E-state index contributed by atoms with van der Waals surface area (Å²) in [6, 6.07) is 15.5. The Kier molecular flexibility index (Phi) is 5.85. The van der Waals surface area contributed by atoms with Gasteiger partial charge < -0.3 is 19.3 Å². The maximum absolute atomic E-state index is 13.3. The molecule has 0 unspecified atom stereocenters. The number of aromatic amines is 1. The molecule has 7 nitrogen and oxygen atoms in total. The molecule has 9 heteroatoms. The summed E-state index contributed by atoms with van der Waals surface area (Å²) in [5, 5.41) is 6.56. The fraction of sp³-hybridized carbons (Fsp3) is 0.160. The second-order valence-electron chi connectivity index (χ2n) is 8.27. The van der Waals surface area contributed by atoms with E-state index in [1.807, 2.05) is 37.4 Å². The number of pyridine rings is 1. The zero-order valence-electron chi connectivity index (χ0n) is 19.1. The molecule has 6 aromatic rings. The monoisotopic (exact) mass is 477 g/mol. The number of aryl methyl sites for hydroxylation is 3. The van der Waals surface area contributed by atoms with Crippen LogP contribution in [0.3, 0.4) is 0 Å². The molecule has 0 saturated heterocycles. The normalized spacial score (nSPS) is 11.5. The third kappa shape index (κ3) is 3.67. The maximum atomic E-state index is 13.3. The van der Waals surface area contributed by atoms with Crippen molar-refractivity contribution in [1.82, 2.24) is 24.3 Å². The summed E-state index contributed by atoms with van der Waals surface area (Å²) >= 11 is 1.41. The number of hydrogen-bond acceptors (Lipinski definition) is 4. The second-order valence-corrected chi connectivity index (χ2v) is 9.28. The molecule has 0 aliphatic heterocycles. The van der Waals surface area contributed by atoms with Gasteiger partial charge in [-0.05, 0) is 56.2 Å². The SMILES string of the molecule is Cc1ccc2[nH]cc(CCn3c(C)c4c(=O)n(-c5nc6ccccc6s5)[n-]c4cc3=O)c2c1.[Na+]. The first-order valence-electron chi connectivity index (χ1n) is 10.7. The number of nitrogens with zero attached hydrogens (tertiary/aromatic N) is 4. The standard InChI is InChI=1S/C25H21N5O2S.Na/c1-14-7-8-18-17(11-14)16(13-26-18)9-10-29-15(2)23-20(12-22(29)31)28-30(24(23)32)25-27-19-5-3-4-6-21(19)33-25;/h3-8,11-13,26H,9-10H2,1-2H3,(H,28,31);/q;+1/p-1. The van der Waals surface area contributed by atoms with E-state index < -0.39 is 0 Å². The molecule has 4 aromatic heterocycles. The summed E-state index contributed by atoms with van der Waals surface area (Å²) < 4.78 is 3.97. The molecular formula is C25H20N5NaO2S. The van der Waals surface area contributed by atoms with Gasteiger partial charge >= 0.3 is 29.6 Å². The van der Waals surface area contributed by atoms with E-state index in [1.165, 1.54) is 27.6 Å². The van der Waals surface area contributed by atoms with Crippen LogP contribution in [0.4, 0.5) is 0 Å². The van der Waals surface area contributed by atoms with Crippen molar-refractivity contribution in [3.05, 3.63) is 92.3 Å². The third-order valence-corrected chi connectivity index (χ3v) is 7.17. The molecule has 0 atom stereocenters. The molecule has 1 N–H and O–H groups in total. The quantitative estimate of drug-likeness (QED) is 0.385. The topological polar surface area (TPSA) is 86.8 Å². The number of H-pyrrole nitrogens is 1. The number of nitrogens with one attached hydrogen (secondary N) is 1. The Balaban J connectivity index is 0.00000241. The molecule has 0 fully saturated rings. The first-order valence-corrected chi connectivity index (χ1v) is 11.5. The molecule has 34 heavy (non-hydrogen) atoms. The Morgan fingerprint density at radius 2 is 1.91 bits per heavy atom. The van der Waals surface area contributed by atoms with Crippen LogP contribution in [-0.4, -0.2) is 19.2 Å². The number of rotatable bonds is 4. The van der Waals surface area contributed by atoms with E-state index >= 15 is 0 Å². The van der Waals surface area contributed by atoms with Gasteiger partial charge in [-0.1, -0.05) is 35.1 Å². The van der Waals surface area contributed by atoms with Crippen molar-refractivity contribution in [3.8, 4) is 5.13 Å². The predicted molar refractivity (Wildman–Crippen MR) is 132 cm³/mol. The smallest absolute Gasteiger partial charge is 0.585 e. The molecule has 0 radical (unpaired) electrons. The van der Waals surface area contributed by atoms with E-state index in [2.05, 4.69) is 40.2 Å². The van der Waals surface area contributed by atoms with Crippen LogP contribution < -0.4 is 45.8 Å². The zero-order chi connectivity index (χ0) is 22.7. The number of fused-ring (bicyclic) bond motifs is 3. The summed E-state index contributed by atoms with van der Waals surface area (Å²) in [5.74, 6) is 0. The second kappa shape index (κ2) is 8.70. The van der Waals surface area contributed by atoms with E-state index in [0.29, 0.717) is 34.7 Å². The van der Waals surface area contributed by atoms with Crippen LogP contribution in [0.25, 0.3) is 37.2 Å². The number of hydrogen-bond donors (Lipinski definition) is 1. The largest absolute Gasteiger partial charge is 1.00 e. The van der Waals surface area contributed by atoms with Gasteiger partial charge in [0, 0.05) is 34.7 Å². The summed E-state index contributed by atoms with van der Waals surface area (Å²) in [5.41, 5.74) is 4.86. The summed E-state index contributed by atoms with van der Waals surface area (Å²) in [6.45, 7) is 4.36. The average Bonchev–Trinajstić information content (AvgIpc) is 3.48. The van der Waals surface area contributed by atoms with Gasteiger partial charge in [0.25, 0.3) is 0 Å². The minimum Gasteiger partial charge on any atom is -0.585 e. The zero-order valence-corrected chi connectivity index (χ0v) is 21.9. The molecule has 0 amide bonds. The number of para-hydroxylation sites is 1. The fourth-order valence-electron chi connectivity index (χ4n) is 4.44. The van der Waals surface area contributed by atoms with Crippen molar-refractivity contribution in [1.29, 1.82) is 0 Å². The van der Waals surface area contributed by atoms with E-state index in [-0.39, 0.29) is 40.7 Å². The van der Waals surface area contributed by atoms with Crippen LogP contribution in [-0.2, 0) is 13.0 Å². The van der Waals surface area contributed by atoms with Crippen LogP contribution in [0.2, 0.25) is 0 Å². The average molecular weight is 478 g/mol. The number of benzene rings is 2. The first kappa shape index (κ1) is 22.9. The number of thiazole rings is 1. The number of aromatic nitrogens is 5. The summed E-state index contributed by atoms with van der Waals surface area (Å²) in [7, 11) is 0. The van der Waals surface area contributed by atoms with Gasteiger partial charge in [0.1, 0.15) is 0 Å². The molecule has 0 aliphatic rings. The Labute approximate surface area is 220 Å². The minimum atomic E-state index is -0.252. The van der Waals surface area contributed by atoms with Gasteiger partial charge in [-0.25, -0.2) is 4.98 Å². The van der Waals surface area contributed by atoms with Crippen molar-refractivity contribution >= 4 is 43.4 Å². The van der Waals surface area contributed by atoms with Gasteiger partial charge in [-0.15, -0.1) is 5.52 Å². The Morgan fingerprint density at radius 3 is 2.74 bits per heavy atom. The molecule has 164 valence electrons. The molecule has 0 saturated carbocycles. The van der Waals surface area contributed by atoms with Gasteiger partial charge in [0.05, 0.1) is 10.2 Å². The molecule has 6 rings (SSSR count). The fourth-order valence-corrected chi connectivity index (χ4v) is 5.36. The van der Waals surface area contributed by atoms with E-state index in [0.717, 1.165) is 26.7 Å². The van der Waals surface area contributed by atoms with Crippen LogP contribution in [0.1, 0.15) is 16.8 Å². The Morgan fingerprint density at radius 1 is 1.09 bits per heavy atom. The van der Waals surface area contributed by atoms with Crippen molar-refractivity contribution in [2.24, 2.45) is 0 Å². The Hall–Kier alpha value is -2.91. The molecule has 0 aliphatic carbocycles. The van der Waals surface area contributed by atoms with Crippen molar-refractivity contribution in [3.63, 3.8) is 0 Å². The summed E-state index contributed by atoms with van der Waals surface area (Å²) in [4.78, 5) is 34.0. The molecule has 0 bridgehead atoms. The molecular weight excluding hydrogens is 457 g/mol.